The lowest BCUT2D eigenvalue weighted by atomic mass is 9.99. The normalized spacial score (nSPS) is 17.4. The van der Waals surface area contributed by atoms with Gasteiger partial charge in [0.15, 0.2) is 0 Å². The molecular formula is C63H90BrN12O14S+. The van der Waals surface area contributed by atoms with Gasteiger partial charge in [-0.15, -0.1) is 0 Å². The number of rotatable bonds is 39. The number of nitrogens with two attached hydrogens (primary N) is 1. The number of thioether (sulfide) groups is 1. The first-order valence-electron chi connectivity index (χ1n) is 30.8. The van der Waals surface area contributed by atoms with E-state index in [0.29, 0.717) is 55.1 Å². The molecule has 0 unspecified atom stereocenters. The first kappa shape index (κ1) is 73.9. The number of aliphatic hydroxyl groups excluding tert-OH is 1. The van der Waals surface area contributed by atoms with Crippen molar-refractivity contribution in [2.24, 2.45) is 11.7 Å². The van der Waals surface area contributed by atoms with E-state index in [-0.39, 0.29) is 72.8 Å². The number of halogens is 1. The SMILES string of the molecule is CC(C)[C@H](NC(=O)[C@H](Cc1ccccc1)NC(=O)c1ccc(Br)cc1)C(=O)N[C@@H](Cc1ccc(O)cc1)C(=O)N[C@@H](CCCC[N+](C)(C)C)C(=O)N[C@@H](CO)C(=O)N[C@@H](CCC(=O)O)C(=O)N[C@@H](CCCCNC(=O)CCCC[C@@H]1SC[C@@H]2NC(=O)N[C@@H]21)C(N)=O. The molecule has 2 saturated heterocycles. The number of aliphatic carboxylic acids is 1. The van der Waals surface area contributed by atoms with Crippen LogP contribution in [0.4, 0.5) is 4.79 Å². The van der Waals surface area contributed by atoms with Gasteiger partial charge in [0.05, 0.1) is 46.4 Å². The van der Waals surface area contributed by atoms with Crippen LogP contribution in [0.25, 0.3) is 0 Å². The fourth-order valence-electron chi connectivity index (χ4n) is 10.4. The third kappa shape index (κ3) is 25.8. The minimum atomic E-state index is -1.78. The highest BCUT2D eigenvalue weighted by Gasteiger charge is 2.43. The topological polar surface area (TPSA) is 395 Å². The van der Waals surface area contributed by atoms with Crippen LogP contribution in [-0.4, -0.2) is 191 Å². The molecule has 5 rings (SSSR count). The van der Waals surface area contributed by atoms with Gasteiger partial charge in [-0.25, -0.2) is 4.79 Å². The number of unbranched alkanes of at least 4 members (excludes halogenated alkanes) is 3. The van der Waals surface area contributed by atoms with Gasteiger partial charge in [0, 0.05) is 53.3 Å². The van der Waals surface area contributed by atoms with E-state index in [1.54, 1.807) is 80.2 Å². The van der Waals surface area contributed by atoms with Crippen LogP contribution in [0.2, 0.25) is 0 Å². The number of carbonyl (C=O) groups excluding carboxylic acids is 10. The van der Waals surface area contributed by atoms with Gasteiger partial charge in [-0.2, -0.15) is 11.8 Å². The van der Waals surface area contributed by atoms with E-state index in [4.69, 9.17) is 5.73 Å². The summed E-state index contributed by atoms with van der Waals surface area (Å²) in [6, 6.07) is 11.4. The van der Waals surface area contributed by atoms with E-state index < -0.39 is 121 Å². The molecule has 91 heavy (non-hydrogen) atoms. The molecule has 3 aromatic rings. The Morgan fingerprint density at radius 3 is 1.79 bits per heavy atom. The predicted molar refractivity (Wildman–Crippen MR) is 344 cm³/mol. The van der Waals surface area contributed by atoms with E-state index in [2.05, 4.69) is 69.1 Å². The number of carboxylic acids is 1. The highest BCUT2D eigenvalue weighted by molar-refractivity contribution is 9.10. The van der Waals surface area contributed by atoms with Crippen molar-refractivity contribution in [1.82, 2.24) is 53.2 Å². The van der Waals surface area contributed by atoms with Crippen LogP contribution in [-0.2, 0) is 56.0 Å². The Morgan fingerprint density at radius 2 is 1.18 bits per heavy atom. The summed E-state index contributed by atoms with van der Waals surface area (Å²) in [5.74, 6) is -8.15. The van der Waals surface area contributed by atoms with Gasteiger partial charge in [-0.05, 0) is 111 Å². The maximum atomic E-state index is 14.7. The van der Waals surface area contributed by atoms with Crippen LogP contribution in [0.1, 0.15) is 112 Å². The average molecular weight is 1350 g/mol. The molecule has 0 saturated carbocycles. The first-order chi connectivity index (χ1) is 43.2. The van der Waals surface area contributed by atoms with Crippen LogP contribution in [0.15, 0.2) is 83.3 Å². The van der Waals surface area contributed by atoms with Crippen molar-refractivity contribution in [2.45, 2.75) is 163 Å². The number of nitrogens with zero attached hydrogens (tertiary/aromatic N) is 1. The van der Waals surface area contributed by atoms with Crippen molar-refractivity contribution in [2.75, 3.05) is 46.6 Å². The second-order valence-corrected chi connectivity index (χ2v) is 26.6. The highest BCUT2D eigenvalue weighted by Crippen LogP contribution is 2.33. The summed E-state index contributed by atoms with van der Waals surface area (Å²) in [5.41, 5.74) is 7.14. The number of carbonyl (C=O) groups is 11. The molecule has 11 amide bonds. The van der Waals surface area contributed by atoms with Crippen molar-refractivity contribution in [3.63, 3.8) is 0 Å². The van der Waals surface area contributed by atoms with Crippen molar-refractivity contribution in [1.29, 1.82) is 0 Å². The molecular weight excluding hydrogens is 1260 g/mol. The molecule has 15 N–H and O–H groups in total. The molecule has 0 bridgehead atoms. The zero-order valence-corrected chi connectivity index (χ0v) is 54.6. The van der Waals surface area contributed by atoms with Gasteiger partial charge in [-0.3, -0.25) is 47.9 Å². The van der Waals surface area contributed by atoms with Gasteiger partial charge in [0.2, 0.25) is 47.3 Å². The third-order valence-electron chi connectivity index (χ3n) is 15.5. The Balaban J connectivity index is 1.25. The monoisotopic (exact) mass is 1350 g/mol. The van der Waals surface area contributed by atoms with E-state index in [1.165, 1.54) is 24.3 Å². The number of phenolic OH excluding ortho intramolecular Hbond substituents is 1. The summed E-state index contributed by atoms with van der Waals surface area (Å²) in [4.78, 5) is 148. The zero-order valence-electron chi connectivity index (χ0n) is 52.2. The van der Waals surface area contributed by atoms with Gasteiger partial charge < -0.3 is 78.7 Å². The molecule has 2 fully saturated rings. The zero-order chi connectivity index (χ0) is 66.8. The maximum absolute atomic E-state index is 14.7. The number of quaternary nitrogens is 1. The quantitative estimate of drug-likeness (QED) is 0.0219. The van der Waals surface area contributed by atoms with Crippen molar-refractivity contribution in [3.05, 3.63) is 100 Å². The number of fused-ring (bicyclic) bond motifs is 1. The Labute approximate surface area is 543 Å². The number of nitrogens with one attached hydrogen (secondary N) is 10. The van der Waals surface area contributed by atoms with E-state index in [0.717, 1.165) is 28.6 Å². The molecule has 26 nitrogen and oxygen atoms in total. The fourth-order valence-corrected chi connectivity index (χ4v) is 12.2. The minimum absolute atomic E-state index is 0.0102. The Bertz CT molecular complexity index is 2960. The van der Waals surface area contributed by atoms with Crippen LogP contribution < -0.4 is 58.9 Å². The highest BCUT2D eigenvalue weighted by atomic mass is 79.9. The Morgan fingerprint density at radius 1 is 0.626 bits per heavy atom. The molecule has 0 aromatic heterocycles. The fraction of sp³-hybridized carbons (Fsp3) is 0.540. The molecule has 0 spiro atoms. The van der Waals surface area contributed by atoms with E-state index in [9.17, 15) is 68.1 Å². The molecule has 0 radical (unpaired) electrons. The van der Waals surface area contributed by atoms with Crippen LogP contribution >= 0.6 is 27.7 Å². The maximum Gasteiger partial charge on any atom is 0.315 e. The Kier molecular flexibility index (Phi) is 30.0. The van der Waals surface area contributed by atoms with Gasteiger partial charge in [0.1, 0.15) is 48.0 Å². The molecule has 2 aliphatic rings. The lowest BCUT2D eigenvalue weighted by Crippen LogP contribution is -2.61. The predicted octanol–water partition coefficient (Wildman–Crippen LogP) is 1.53. The molecule has 10 atom stereocenters. The summed E-state index contributed by atoms with van der Waals surface area (Å²) in [7, 11) is 5.91. The number of benzene rings is 3. The number of primary amides is 1. The van der Waals surface area contributed by atoms with E-state index in [1.807, 2.05) is 21.1 Å². The van der Waals surface area contributed by atoms with Crippen LogP contribution in [0.5, 0.6) is 5.75 Å². The summed E-state index contributed by atoms with van der Waals surface area (Å²) in [6.07, 6.45) is 3.08. The Hall–Kier alpha value is -7.82. The lowest BCUT2D eigenvalue weighted by Gasteiger charge is -2.29. The van der Waals surface area contributed by atoms with Crippen LogP contribution in [0, 0.1) is 5.92 Å². The molecule has 3 aromatic carbocycles. The second-order valence-electron chi connectivity index (χ2n) is 24.4. The number of amides is 11. The molecule has 0 aliphatic carbocycles. The smallest absolute Gasteiger partial charge is 0.315 e. The average Bonchev–Trinajstić information content (AvgIpc) is 2.00. The third-order valence-corrected chi connectivity index (χ3v) is 17.6. The van der Waals surface area contributed by atoms with Gasteiger partial charge in [0.25, 0.3) is 5.91 Å². The molecule has 498 valence electrons. The van der Waals surface area contributed by atoms with Crippen molar-refractivity contribution in [3.8, 4) is 5.75 Å². The lowest BCUT2D eigenvalue weighted by molar-refractivity contribution is -0.870. The number of carboxylic acid groups (broad SMARTS) is 1. The number of hydrogen-bond acceptors (Lipinski definition) is 14. The molecule has 2 aliphatic heterocycles. The standard InChI is InChI=1S/C63H89BrN12O14S/c1-37(2)53(74-60(87)47(33-38-15-7-6-8-16-38)70-56(83)40-23-25-41(64)26-24-40)62(89)71-46(34-39-21-27-42(78)28-22-39)59(86)68-44(18-12-14-32-76(3,4)5)57(84)72-48(35-77)61(88)69-45(29-30-52(80)81)58(85)67-43(55(65)82)17-11-13-31-66-51(79)20-10-9-19-50-54-49(36-91-50)73-63(90)75-54/h6-8,15-16,21-28,37,43-50,53-54,77H,9-14,17-20,29-36H2,1-5H3,(H13-,65,66,67,68,69,70,71,72,73,74,75,78,79,80,81,82,83,84,85,86,87,88,89,90)/p+1/t43-,44-,45-,46-,47-,48-,49-,50-,53-,54-/m0/s1. The van der Waals surface area contributed by atoms with Gasteiger partial charge >= 0.3 is 12.0 Å². The van der Waals surface area contributed by atoms with Crippen molar-refractivity contribution >= 4 is 92.9 Å². The number of phenols is 1. The minimum Gasteiger partial charge on any atom is -0.508 e. The summed E-state index contributed by atoms with van der Waals surface area (Å²) in [6.45, 7) is 3.25. The first-order valence-corrected chi connectivity index (χ1v) is 32.6. The van der Waals surface area contributed by atoms with Crippen LogP contribution in [0.3, 0.4) is 0 Å². The van der Waals surface area contributed by atoms with Gasteiger partial charge in [-0.1, -0.05) is 78.7 Å². The molecule has 28 heteroatoms. The summed E-state index contributed by atoms with van der Waals surface area (Å²) in [5, 5.41) is 57.6. The number of aliphatic hydroxyl groups is 1. The molecule has 2 heterocycles. The second kappa shape index (κ2) is 36.9. The summed E-state index contributed by atoms with van der Waals surface area (Å²) < 4.78 is 1.30. The number of hydrogen-bond donors (Lipinski definition) is 14. The number of aromatic hydroxyl groups is 1. The van der Waals surface area contributed by atoms with Crippen molar-refractivity contribution < 1.29 is 72.5 Å². The summed E-state index contributed by atoms with van der Waals surface area (Å²) >= 11 is 5.16. The largest absolute Gasteiger partial charge is 0.508 e. The van der Waals surface area contributed by atoms with E-state index >= 15 is 0 Å². The number of urea groups is 1.